The number of nitrogens with one attached hydrogen (secondary N) is 1. The maximum absolute atomic E-state index is 14.2. The lowest BCUT2D eigenvalue weighted by Gasteiger charge is -2.32. The molecule has 0 spiro atoms. The van der Waals surface area contributed by atoms with Crippen LogP contribution in [0, 0.1) is 17.6 Å². The van der Waals surface area contributed by atoms with E-state index >= 15 is 0 Å². The molecule has 1 N–H and O–H groups in total. The van der Waals surface area contributed by atoms with E-state index < -0.39 is 11.6 Å². The molecule has 1 amide bonds. The Bertz CT molecular complexity index is 1070. The van der Waals surface area contributed by atoms with Crippen LogP contribution in [-0.2, 0) is 17.8 Å². The molecule has 0 aliphatic carbocycles. The Morgan fingerprint density at radius 3 is 2.61 bits per heavy atom. The van der Waals surface area contributed by atoms with Crippen LogP contribution in [0.25, 0.3) is 11.1 Å². The molecule has 1 saturated heterocycles. The van der Waals surface area contributed by atoms with Crippen molar-refractivity contribution in [2.45, 2.75) is 32.2 Å². The topological polar surface area (TPSA) is 32.3 Å². The third-order valence-corrected chi connectivity index (χ3v) is 6.24. The van der Waals surface area contributed by atoms with Crippen molar-refractivity contribution in [3.8, 4) is 11.1 Å². The summed E-state index contributed by atoms with van der Waals surface area (Å²) in [5.74, 6) is -1.01. The predicted molar refractivity (Wildman–Crippen MR) is 128 cm³/mol. The molecule has 3 aromatic rings. The highest BCUT2D eigenvalue weighted by molar-refractivity contribution is 5.78. The summed E-state index contributed by atoms with van der Waals surface area (Å²) in [7, 11) is 0. The van der Waals surface area contributed by atoms with E-state index in [0.717, 1.165) is 56.0 Å². The van der Waals surface area contributed by atoms with Crippen LogP contribution in [0.5, 0.6) is 0 Å². The van der Waals surface area contributed by atoms with Gasteiger partial charge in [0, 0.05) is 31.3 Å². The molecule has 3 aromatic carbocycles. The van der Waals surface area contributed by atoms with Gasteiger partial charge in [-0.1, -0.05) is 48.5 Å². The molecular weight excluding hydrogens is 418 g/mol. The molecule has 0 aromatic heterocycles. The van der Waals surface area contributed by atoms with Crippen LogP contribution in [0.4, 0.5) is 8.78 Å². The van der Waals surface area contributed by atoms with Gasteiger partial charge in [-0.15, -0.1) is 0 Å². The second kappa shape index (κ2) is 11.2. The van der Waals surface area contributed by atoms with Crippen molar-refractivity contribution in [2.24, 2.45) is 5.92 Å². The maximum Gasteiger partial charge on any atom is 0.224 e. The number of hydrogen-bond acceptors (Lipinski definition) is 2. The first kappa shape index (κ1) is 23.1. The van der Waals surface area contributed by atoms with Crippen LogP contribution in [0.1, 0.15) is 30.4 Å². The van der Waals surface area contributed by atoms with Crippen molar-refractivity contribution < 1.29 is 13.6 Å². The number of piperidine rings is 1. The highest BCUT2D eigenvalue weighted by atomic mass is 19.1. The fourth-order valence-electron chi connectivity index (χ4n) is 4.53. The Morgan fingerprint density at radius 2 is 1.79 bits per heavy atom. The highest BCUT2D eigenvalue weighted by Crippen LogP contribution is 2.26. The van der Waals surface area contributed by atoms with Gasteiger partial charge in [0.25, 0.3) is 0 Å². The standard InChI is InChI=1S/C28H30F2N2O/c29-25-13-14-26(27(30)18-25)23-11-4-9-22(17-23)19-32-16-6-12-24(20-32)28(33)31-15-5-10-21-7-2-1-3-8-21/h1-4,7-9,11,13-14,17-18,24H,5-6,10,12,15-16,19-20H2,(H,31,33). The van der Waals surface area contributed by atoms with Crippen molar-refractivity contribution in [3.05, 3.63) is 95.6 Å². The lowest BCUT2D eigenvalue weighted by Crippen LogP contribution is -2.42. The number of carbonyl (C=O) groups excluding carboxylic acids is 1. The summed E-state index contributed by atoms with van der Waals surface area (Å²) in [6.07, 6.45) is 3.78. The van der Waals surface area contributed by atoms with Crippen LogP contribution in [0.3, 0.4) is 0 Å². The normalized spacial score (nSPS) is 16.5. The van der Waals surface area contributed by atoms with E-state index in [9.17, 15) is 13.6 Å². The minimum Gasteiger partial charge on any atom is -0.356 e. The van der Waals surface area contributed by atoms with E-state index in [1.807, 2.05) is 42.5 Å². The van der Waals surface area contributed by atoms with Gasteiger partial charge in [0.1, 0.15) is 11.6 Å². The summed E-state index contributed by atoms with van der Waals surface area (Å²) in [5, 5.41) is 3.11. The summed E-state index contributed by atoms with van der Waals surface area (Å²) in [5.41, 5.74) is 3.47. The van der Waals surface area contributed by atoms with Crippen LogP contribution >= 0.6 is 0 Å². The zero-order chi connectivity index (χ0) is 23.0. The number of carbonyl (C=O) groups is 1. The molecule has 33 heavy (non-hydrogen) atoms. The first-order valence-electron chi connectivity index (χ1n) is 11.7. The molecule has 1 aliphatic rings. The number of rotatable bonds is 8. The Morgan fingerprint density at radius 1 is 0.970 bits per heavy atom. The van der Waals surface area contributed by atoms with Gasteiger partial charge in [-0.2, -0.15) is 0 Å². The third-order valence-electron chi connectivity index (χ3n) is 6.24. The van der Waals surface area contributed by atoms with Gasteiger partial charge in [0.2, 0.25) is 5.91 Å². The summed E-state index contributed by atoms with van der Waals surface area (Å²) < 4.78 is 27.4. The largest absolute Gasteiger partial charge is 0.356 e. The van der Waals surface area contributed by atoms with Gasteiger partial charge in [-0.25, -0.2) is 8.78 Å². The summed E-state index contributed by atoms with van der Waals surface area (Å²) in [6.45, 7) is 3.05. The molecule has 0 radical (unpaired) electrons. The molecule has 1 heterocycles. The number of amides is 1. The lowest BCUT2D eigenvalue weighted by atomic mass is 9.96. The first-order chi connectivity index (χ1) is 16.1. The minimum atomic E-state index is -0.579. The molecule has 5 heteroatoms. The monoisotopic (exact) mass is 448 g/mol. The quantitative estimate of drug-likeness (QED) is 0.456. The molecule has 1 unspecified atom stereocenters. The second-order valence-electron chi connectivity index (χ2n) is 8.78. The zero-order valence-corrected chi connectivity index (χ0v) is 18.8. The molecule has 0 bridgehead atoms. The number of hydrogen-bond donors (Lipinski definition) is 1. The Labute approximate surface area is 194 Å². The number of likely N-dealkylation sites (tertiary alicyclic amines) is 1. The molecular formula is C28H30F2N2O. The summed E-state index contributed by atoms with van der Waals surface area (Å²) in [6, 6.07) is 21.7. The molecule has 1 atom stereocenters. The molecule has 0 saturated carbocycles. The number of benzene rings is 3. The van der Waals surface area contributed by atoms with E-state index in [4.69, 9.17) is 0 Å². The fraction of sp³-hybridized carbons (Fsp3) is 0.321. The maximum atomic E-state index is 14.2. The second-order valence-corrected chi connectivity index (χ2v) is 8.78. The van der Waals surface area contributed by atoms with E-state index in [1.54, 1.807) is 0 Å². The zero-order valence-electron chi connectivity index (χ0n) is 18.8. The number of aryl methyl sites for hydroxylation is 1. The van der Waals surface area contributed by atoms with E-state index in [0.29, 0.717) is 18.7 Å². The van der Waals surface area contributed by atoms with Gasteiger partial charge in [0.15, 0.2) is 0 Å². The van der Waals surface area contributed by atoms with E-state index in [-0.39, 0.29) is 11.8 Å². The van der Waals surface area contributed by atoms with E-state index in [2.05, 4.69) is 22.3 Å². The first-order valence-corrected chi connectivity index (χ1v) is 11.7. The average molecular weight is 449 g/mol. The molecule has 172 valence electrons. The van der Waals surface area contributed by atoms with Crippen LogP contribution in [-0.4, -0.2) is 30.4 Å². The van der Waals surface area contributed by atoms with Crippen LogP contribution in [0.2, 0.25) is 0 Å². The minimum absolute atomic E-state index is 0.00630. The Hall–Kier alpha value is -3.05. The summed E-state index contributed by atoms with van der Waals surface area (Å²) in [4.78, 5) is 15.0. The van der Waals surface area contributed by atoms with Crippen molar-refractivity contribution in [3.63, 3.8) is 0 Å². The fourth-order valence-corrected chi connectivity index (χ4v) is 4.53. The van der Waals surface area contributed by atoms with Crippen LogP contribution < -0.4 is 5.32 Å². The Kier molecular flexibility index (Phi) is 7.84. The van der Waals surface area contributed by atoms with E-state index in [1.165, 1.54) is 17.7 Å². The van der Waals surface area contributed by atoms with Gasteiger partial charge in [-0.3, -0.25) is 9.69 Å². The average Bonchev–Trinajstić information content (AvgIpc) is 2.83. The molecule has 1 fully saturated rings. The smallest absolute Gasteiger partial charge is 0.224 e. The highest BCUT2D eigenvalue weighted by Gasteiger charge is 2.25. The van der Waals surface area contributed by atoms with Gasteiger partial charge < -0.3 is 5.32 Å². The number of nitrogens with zero attached hydrogens (tertiary/aromatic N) is 1. The summed E-state index contributed by atoms with van der Waals surface area (Å²) >= 11 is 0. The third kappa shape index (κ3) is 6.48. The van der Waals surface area contributed by atoms with Gasteiger partial charge in [-0.05, 0) is 67.1 Å². The van der Waals surface area contributed by atoms with Crippen molar-refractivity contribution in [2.75, 3.05) is 19.6 Å². The molecule has 3 nitrogen and oxygen atoms in total. The predicted octanol–water partition coefficient (Wildman–Crippen LogP) is 5.59. The van der Waals surface area contributed by atoms with Gasteiger partial charge in [0.05, 0.1) is 5.92 Å². The number of halogens is 2. The van der Waals surface area contributed by atoms with Gasteiger partial charge >= 0.3 is 0 Å². The lowest BCUT2D eigenvalue weighted by molar-refractivity contribution is -0.126. The van der Waals surface area contributed by atoms with Crippen molar-refractivity contribution in [1.29, 1.82) is 0 Å². The SMILES string of the molecule is O=C(NCCCc1ccccc1)C1CCCN(Cc2cccc(-c3ccc(F)cc3F)c2)C1. The van der Waals surface area contributed by atoms with Crippen molar-refractivity contribution in [1.82, 2.24) is 10.2 Å². The molecule has 4 rings (SSSR count). The van der Waals surface area contributed by atoms with Crippen LogP contribution in [0.15, 0.2) is 72.8 Å². The van der Waals surface area contributed by atoms with Crippen molar-refractivity contribution >= 4 is 5.91 Å². The Balaban J connectivity index is 1.29. The molecule has 1 aliphatic heterocycles.